The van der Waals surface area contributed by atoms with Crippen LogP contribution in [0.2, 0.25) is 0 Å². The summed E-state index contributed by atoms with van der Waals surface area (Å²) >= 11 is 1.90. The molecule has 4 rings (SSSR count). The highest BCUT2D eigenvalue weighted by Gasteiger charge is 2.26. The normalized spacial score (nSPS) is 18.9. The first-order valence-corrected chi connectivity index (χ1v) is 8.95. The van der Waals surface area contributed by atoms with Gasteiger partial charge in [-0.25, -0.2) is 0 Å². The van der Waals surface area contributed by atoms with Gasteiger partial charge in [-0.2, -0.15) is 0 Å². The first kappa shape index (κ1) is 14.2. The second kappa shape index (κ2) is 5.98. The summed E-state index contributed by atoms with van der Waals surface area (Å²) in [6.07, 6.45) is 2.62. The Labute approximate surface area is 137 Å². The van der Waals surface area contributed by atoms with E-state index >= 15 is 0 Å². The van der Waals surface area contributed by atoms with Gasteiger partial charge in [-0.15, -0.1) is 0 Å². The minimum absolute atomic E-state index is 0.792. The fraction of sp³-hybridized carbons (Fsp3) is 0.368. The second-order valence-electron chi connectivity index (χ2n) is 6.39. The molecule has 2 aromatic carbocycles. The van der Waals surface area contributed by atoms with Crippen molar-refractivity contribution < 1.29 is 0 Å². The van der Waals surface area contributed by atoms with Crippen LogP contribution in [0.4, 0.5) is 11.4 Å². The summed E-state index contributed by atoms with van der Waals surface area (Å²) in [4.78, 5) is 7.77. The lowest BCUT2D eigenvalue weighted by Gasteiger charge is -2.37. The van der Waals surface area contributed by atoms with Crippen LogP contribution in [-0.4, -0.2) is 31.6 Å². The van der Waals surface area contributed by atoms with Gasteiger partial charge in [0.25, 0.3) is 0 Å². The molecule has 1 fully saturated rings. The van der Waals surface area contributed by atoms with Crippen molar-refractivity contribution in [2.45, 2.75) is 22.6 Å². The molecule has 114 valence electrons. The lowest BCUT2D eigenvalue weighted by atomic mass is 9.96. The van der Waals surface area contributed by atoms with Gasteiger partial charge in [-0.05, 0) is 63.2 Å². The highest BCUT2D eigenvalue weighted by molar-refractivity contribution is 7.99. The highest BCUT2D eigenvalue weighted by atomic mass is 32.2. The molecule has 0 N–H and O–H groups in total. The van der Waals surface area contributed by atoms with Crippen molar-refractivity contribution in [2.75, 3.05) is 31.6 Å². The van der Waals surface area contributed by atoms with Crippen LogP contribution in [0.15, 0.2) is 58.3 Å². The van der Waals surface area contributed by atoms with Crippen molar-refractivity contribution in [1.29, 1.82) is 0 Å². The molecule has 0 bridgehead atoms. The molecule has 1 saturated heterocycles. The number of piperidine rings is 1. The van der Waals surface area contributed by atoms with E-state index in [4.69, 9.17) is 0 Å². The summed E-state index contributed by atoms with van der Waals surface area (Å²) in [6.45, 7) is 3.61. The van der Waals surface area contributed by atoms with E-state index < -0.39 is 0 Å². The summed E-state index contributed by atoms with van der Waals surface area (Å²) < 4.78 is 0. The number of rotatable bonds is 2. The minimum Gasteiger partial charge on any atom is -0.339 e. The van der Waals surface area contributed by atoms with Crippen LogP contribution in [0.5, 0.6) is 0 Å². The third-order valence-corrected chi connectivity index (χ3v) is 5.94. The van der Waals surface area contributed by atoms with Crippen molar-refractivity contribution in [3.05, 3.63) is 48.5 Å². The van der Waals surface area contributed by atoms with E-state index in [1.54, 1.807) is 0 Å². The predicted molar refractivity (Wildman–Crippen MR) is 94.2 cm³/mol. The Bertz CT molecular complexity index is 616. The molecule has 0 aromatic heterocycles. The minimum atomic E-state index is 0.792. The molecule has 0 aliphatic carbocycles. The Balaban J connectivity index is 1.66. The molecule has 0 radical (unpaired) electrons. The predicted octanol–water partition coefficient (Wildman–Crippen LogP) is 4.63. The Kier molecular flexibility index (Phi) is 3.85. The van der Waals surface area contributed by atoms with E-state index in [1.165, 1.54) is 47.1 Å². The molecule has 2 aromatic rings. The Morgan fingerprint density at radius 1 is 0.909 bits per heavy atom. The largest absolute Gasteiger partial charge is 0.339 e. The number of nitrogens with zero attached hydrogens (tertiary/aromatic N) is 2. The Morgan fingerprint density at radius 2 is 1.45 bits per heavy atom. The van der Waals surface area contributed by atoms with E-state index in [0.717, 1.165) is 12.5 Å². The molecule has 0 unspecified atom stereocenters. The molecule has 2 aliphatic heterocycles. The number of anilines is 2. The molecule has 2 heterocycles. The molecule has 22 heavy (non-hydrogen) atoms. The molecule has 3 heteroatoms. The second-order valence-corrected chi connectivity index (χ2v) is 7.48. The van der Waals surface area contributed by atoms with Crippen molar-refractivity contribution in [3.63, 3.8) is 0 Å². The zero-order valence-corrected chi connectivity index (χ0v) is 13.9. The Hall–Kier alpha value is -1.45. The van der Waals surface area contributed by atoms with Gasteiger partial charge in [0.2, 0.25) is 0 Å². The number of hydrogen-bond acceptors (Lipinski definition) is 3. The number of hydrogen-bond donors (Lipinski definition) is 0. The van der Waals surface area contributed by atoms with Gasteiger partial charge in [0.15, 0.2) is 0 Å². The quantitative estimate of drug-likeness (QED) is 0.798. The van der Waals surface area contributed by atoms with Gasteiger partial charge < -0.3 is 9.80 Å². The molecule has 0 amide bonds. The van der Waals surface area contributed by atoms with E-state index in [1.807, 2.05) is 11.8 Å². The summed E-state index contributed by atoms with van der Waals surface area (Å²) in [5, 5.41) is 0. The molecule has 0 spiro atoms. The van der Waals surface area contributed by atoms with E-state index in [0.29, 0.717) is 0 Å². The fourth-order valence-electron chi connectivity index (χ4n) is 3.48. The van der Waals surface area contributed by atoms with Crippen molar-refractivity contribution in [2.24, 2.45) is 5.92 Å². The maximum atomic E-state index is 2.55. The summed E-state index contributed by atoms with van der Waals surface area (Å²) in [5.41, 5.74) is 2.76. The molecule has 0 saturated carbocycles. The number of fused-ring (bicyclic) bond motifs is 2. The van der Waals surface area contributed by atoms with Gasteiger partial charge in [-0.3, -0.25) is 0 Å². The molecule has 2 nitrogen and oxygen atoms in total. The molecular weight excluding hydrogens is 288 g/mol. The van der Waals surface area contributed by atoms with Gasteiger partial charge >= 0.3 is 0 Å². The van der Waals surface area contributed by atoms with Crippen LogP contribution >= 0.6 is 11.8 Å². The van der Waals surface area contributed by atoms with Crippen LogP contribution in [0.3, 0.4) is 0 Å². The SMILES string of the molecule is CN1CCC(CN2c3ccccc3Sc3ccccc32)CC1. The van der Waals surface area contributed by atoms with Crippen LogP contribution in [0, 0.1) is 5.92 Å². The summed E-state index contributed by atoms with van der Waals surface area (Å²) in [6, 6.07) is 17.7. The van der Waals surface area contributed by atoms with E-state index in [2.05, 4.69) is 65.4 Å². The standard InChI is InChI=1S/C19H22N2S/c1-20-12-10-15(11-13-20)14-21-16-6-2-4-8-18(16)22-19-9-5-3-7-17(19)21/h2-9,15H,10-14H2,1H3. The fourth-order valence-corrected chi connectivity index (χ4v) is 4.58. The van der Waals surface area contributed by atoms with Crippen LogP contribution < -0.4 is 4.90 Å². The van der Waals surface area contributed by atoms with Crippen molar-refractivity contribution in [3.8, 4) is 0 Å². The lowest BCUT2D eigenvalue weighted by Crippen LogP contribution is -2.36. The van der Waals surface area contributed by atoms with Crippen LogP contribution in [0.1, 0.15) is 12.8 Å². The van der Waals surface area contributed by atoms with Gasteiger partial charge in [0, 0.05) is 16.3 Å². The number of para-hydroxylation sites is 2. The molecular formula is C19H22N2S. The summed E-state index contributed by atoms with van der Waals surface area (Å²) in [7, 11) is 2.23. The van der Waals surface area contributed by atoms with Crippen LogP contribution in [-0.2, 0) is 0 Å². The zero-order chi connectivity index (χ0) is 14.9. The van der Waals surface area contributed by atoms with E-state index in [9.17, 15) is 0 Å². The lowest BCUT2D eigenvalue weighted by molar-refractivity contribution is 0.223. The van der Waals surface area contributed by atoms with Gasteiger partial charge in [-0.1, -0.05) is 36.0 Å². The maximum absolute atomic E-state index is 2.55. The first-order chi connectivity index (χ1) is 10.8. The average Bonchev–Trinajstić information content (AvgIpc) is 2.56. The van der Waals surface area contributed by atoms with Gasteiger partial charge in [0.05, 0.1) is 11.4 Å². The number of benzene rings is 2. The van der Waals surface area contributed by atoms with Gasteiger partial charge in [0.1, 0.15) is 0 Å². The van der Waals surface area contributed by atoms with Crippen LogP contribution in [0.25, 0.3) is 0 Å². The first-order valence-electron chi connectivity index (χ1n) is 8.13. The highest BCUT2D eigenvalue weighted by Crippen LogP contribution is 2.48. The molecule has 2 aliphatic rings. The summed E-state index contributed by atoms with van der Waals surface area (Å²) in [5.74, 6) is 0.792. The Morgan fingerprint density at radius 3 is 2.05 bits per heavy atom. The third kappa shape index (κ3) is 2.64. The van der Waals surface area contributed by atoms with Crippen molar-refractivity contribution >= 4 is 23.1 Å². The molecule has 0 atom stereocenters. The zero-order valence-electron chi connectivity index (χ0n) is 13.0. The smallest absolute Gasteiger partial charge is 0.0552 e. The number of likely N-dealkylation sites (tertiary alicyclic amines) is 1. The topological polar surface area (TPSA) is 6.48 Å². The monoisotopic (exact) mass is 310 g/mol. The van der Waals surface area contributed by atoms with E-state index in [-0.39, 0.29) is 0 Å². The third-order valence-electron chi connectivity index (χ3n) is 4.81. The van der Waals surface area contributed by atoms with Crippen molar-refractivity contribution in [1.82, 2.24) is 4.90 Å². The average molecular weight is 310 g/mol. The maximum Gasteiger partial charge on any atom is 0.0552 e.